The summed E-state index contributed by atoms with van der Waals surface area (Å²) in [7, 11) is 0. The zero-order chi connectivity index (χ0) is 14.1. The second-order valence-electron chi connectivity index (χ2n) is 3.79. The predicted octanol–water partition coefficient (Wildman–Crippen LogP) is 1.64. The third-order valence-electron chi connectivity index (χ3n) is 2.35. The quantitative estimate of drug-likeness (QED) is 0.726. The third kappa shape index (κ3) is 5.19. The molecule has 0 spiro atoms. The number of benzene rings is 1. The van der Waals surface area contributed by atoms with Gasteiger partial charge in [0.1, 0.15) is 6.61 Å². The zero-order valence-electron chi connectivity index (χ0n) is 11.2. The molecule has 5 nitrogen and oxygen atoms in total. The third-order valence-corrected chi connectivity index (χ3v) is 2.35. The second-order valence-corrected chi connectivity index (χ2v) is 3.79. The number of anilines is 1. The Hall–Kier alpha value is -1.72. The summed E-state index contributed by atoms with van der Waals surface area (Å²) >= 11 is 0. The van der Waals surface area contributed by atoms with E-state index in [0.29, 0.717) is 12.3 Å². The molecule has 0 radical (unpaired) electrons. The zero-order valence-corrected chi connectivity index (χ0v) is 11.2. The Morgan fingerprint density at radius 1 is 1.16 bits per heavy atom. The molecule has 1 rings (SSSR count). The monoisotopic (exact) mass is 265 g/mol. The van der Waals surface area contributed by atoms with Crippen LogP contribution < -0.4 is 5.32 Å². The first-order valence-corrected chi connectivity index (χ1v) is 6.27. The van der Waals surface area contributed by atoms with Crippen molar-refractivity contribution >= 4 is 17.4 Å². The fourth-order valence-electron chi connectivity index (χ4n) is 1.49. The van der Waals surface area contributed by atoms with E-state index in [4.69, 9.17) is 9.47 Å². The minimum absolute atomic E-state index is 0.122. The van der Waals surface area contributed by atoms with Gasteiger partial charge in [0.05, 0.1) is 0 Å². The molecule has 5 heteroatoms. The topological polar surface area (TPSA) is 64.6 Å². The van der Waals surface area contributed by atoms with Crippen LogP contribution >= 0.6 is 0 Å². The van der Waals surface area contributed by atoms with Gasteiger partial charge < -0.3 is 14.8 Å². The predicted molar refractivity (Wildman–Crippen MR) is 72.0 cm³/mol. The Bertz CT molecular complexity index is 405. The van der Waals surface area contributed by atoms with E-state index in [1.54, 1.807) is 38.1 Å². The average Bonchev–Trinajstić information content (AvgIpc) is 2.43. The van der Waals surface area contributed by atoms with E-state index in [0.717, 1.165) is 0 Å². The summed E-state index contributed by atoms with van der Waals surface area (Å²) in [5.74, 6) is -0.852. The van der Waals surface area contributed by atoms with Crippen LogP contribution in [0.3, 0.4) is 0 Å². The summed E-state index contributed by atoms with van der Waals surface area (Å²) in [5.41, 5.74) is 0.626. The van der Waals surface area contributed by atoms with Gasteiger partial charge in [-0.1, -0.05) is 18.2 Å². The molecule has 104 valence electrons. The van der Waals surface area contributed by atoms with Gasteiger partial charge in [-0.3, -0.25) is 9.59 Å². The molecule has 19 heavy (non-hydrogen) atoms. The molecule has 1 atom stereocenters. The molecule has 0 aliphatic carbocycles. The summed E-state index contributed by atoms with van der Waals surface area (Å²) in [4.78, 5) is 23.8. The Kier molecular flexibility index (Phi) is 6.78. The Morgan fingerprint density at radius 2 is 1.84 bits per heavy atom. The smallest absolute Gasteiger partial charge is 0.261 e. The molecule has 0 saturated heterocycles. The van der Waals surface area contributed by atoms with Gasteiger partial charge in [-0.2, -0.15) is 0 Å². The van der Waals surface area contributed by atoms with Gasteiger partial charge in [0, 0.05) is 18.9 Å². The van der Waals surface area contributed by atoms with E-state index >= 15 is 0 Å². The van der Waals surface area contributed by atoms with Crippen LogP contribution in [0.4, 0.5) is 5.69 Å². The second kappa shape index (κ2) is 8.39. The van der Waals surface area contributed by atoms with E-state index in [1.165, 1.54) is 0 Å². The molecule has 0 heterocycles. The lowest BCUT2D eigenvalue weighted by Gasteiger charge is -2.15. The van der Waals surface area contributed by atoms with Gasteiger partial charge in [-0.05, 0) is 26.0 Å². The summed E-state index contributed by atoms with van der Waals surface area (Å²) in [6.07, 6.45) is -1.13. The minimum Gasteiger partial charge on any atom is -0.374 e. The first-order valence-electron chi connectivity index (χ1n) is 6.27. The number of carbonyl (C=O) groups excluding carboxylic acids is 2. The maximum atomic E-state index is 12.0. The lowest BCUT2D eigenvalue weighted by molar-refractivity contribution is -0.143. The number of hydrogen-bond donors (Lipinski definition) is 1. The van der Waals surface area contributed by atoms with Crippen LogP contribution in [0.1, 0.15) is 13.8 Å². The fraction of sp³-hybridized carbons (Fsp3) is 0.429. The number of ketones is 1. The molecule has 0 saturated carbocycles. The van der Waals surface area contributed by atoms with E-state index in [2.05, 4.69) is 5.32 Å². The number of ether oxygens (including phenoxy) is 2. The summed E-state index contributed by atoms with van der Waals surface area (Å²) < 4.78 is 10.2. The van der Waals surface area contributed by atoms with Crippen molar-refractivity contribution in [3.05, 3.63) is 30.3 Å². The largest absolute Gasteiger partial charge is 0.374 e. The summed E-state index contributed by atoms with van der Waals surface area (Å²) in [5, 5.41) is 2.64. The van der Waals surface area contributed by atoms with Crippen LogP contribution in [0.2, 0.25) is 0 Å². The Morgan fingerprint density at radius 3 is 2.42 bits per heavy atom. The van der Waals surface area contributed by atoms with E-state index in [1.807, 2.05) is 6.07 Å². The maximum absolute atomic E-state index is 12.0. The van der Waals surface area contributed by atoms with Crippen molar-refractivity contribution in [1.82, 2.24) is 0 Å². The maximum Gasteiger partial charge on any atom is 0.261 e. The highest BCUT2D eigenvalue weighted by Crippen LogP contribution is 2.07. The minimum atomic E-state index is -1.13. The SMILES string of the molecule is CCOCC(=O)C(OCC)C(=O)Nc1ccccc1. The van der Waals surface area contributed by atoms with Crippen LogP contribution in [0.15, 0.2) is 30.3 Å². The normalized spacial score (nSPS) is 11.9. The van der Waals surface area contributed by atoms with Crippen molar-refractivity contribution in [3.63, 3.8) is 0 Å². The number of rotatable bonds is 8. The van der Waals surface area contributed by atoms with Gasteiger partial charge in [-0.25, -0.2) is 0 Å². The lowest BCUT2D eigenvalue weighted by Crippen LogP contribution is -2.39. The van der Waals surface area contributed by atoms with Gasteiger partial charge in [0.25, 0.3) is 5.91 Å². The van der Waals surface area contributed by atoms with Crippen molar-refractivity contribution in [2.45, 2.75) is 20.0 Å². The number of nitrogens with one attached hydrogen (secondary N) is 1. The molecule has 1 N–H and O–H groups in total. The summed E-state index contributed by atoms with van der Waals surface area (Å²) in [6.45, 7) is 4.10. The van der Waals surface area contributed by atoms with E-state index < -0.39 is 12.0 Å². The van der Waals surface area contributed by atoms with E-state index in [-0.39, 0.29) is 19.0 Å². The molecule has 0 aliphatic rings. The first kappa shape index (κ1) is 15.3. The van der Waals surface area contributed by atoms with Gasteiger partial charge in [0.15, 0.2) is 11.9 Å². The van der Waals surface area contributed by atoms with Crippen LogP contribution in [0.25, 0.3) is 0 Å². The van der Waals surface area contributed by atoms with Crippen LogP contribution in [0.5, 0.6) is 0 Å². The average molecular weight is 265 g/mol. The van der Waals surface area contributed by atoms with Crippen molar-refractivity contribution in [2.75, 3.05) is 25.1 Å². The molecule has 0 aliphatic heterocycles. The van der Waals surface area contributed by atoms with Crippen LogP contribution in [0, 0.1) is 0 Å². The standard InChI is InChI=1S/C14H19NO4/c1-3-18-10-12(16)13(19-4-2)14(17)15-11-8-6-5-7-9-11/h5-9,13H,3-4,10H2,1-2H3,(H,15,17). The number of hydrogen-bond acceptors (Lipinski definition) is 4. The summed E-state index contributed by atoms with van der Waals surface area (Å²) in [6, 6.07) is 8.93. The number of amides is 1. The molecule has 0 bridgehead atoms. The van der Waals surface area contributed by atoms with Gasteiger partial charge >= 0.3 is 0 Å². The highest BCUT2D eigenvalue weighted by Gasteiger charge is 2.26. The molecule has 1 amide bonds. The molecular weight excluding hydrogens is 246 g/mol. The fourth-order valence-corrected chi connectivity index (χ4v) is 1.49. The van der Waals surface area contributed by atoms with Crippen molar-refractivity contribution in [2.24, 2.45) is 0 Å². The number of Topliss-reactive ketones (excluding diaryl/α,β-unsaturated/α-hetero) is 1. The molecule has 0 fully saturated rings. The van der Waals surface area contributed by atoms with Crippen molar-refractivity contribution in [3.8, 4) is 0 Å². The molecular formula is C14H19NO4. The van der Waals surface area contributed by atoms with Gasteiger partial charge in [0.2, 0.25) is 0 Å². The lowest BCUT2D eigenvalue weighted by atomic mass is 10.2. The molecule has 1 aromatic carbocycles. The van der Waals surface area contributed by atoms with Crippen molar-refractivity contribution in [1.29, 1.82) is 0 Å². The highest BCUT2D eigenvalue weighted by molar-refractivity contribution is 6.10. The molecule has 0 aromatic heterocycles. The van der Waals surface area contributed by atoms with Gasteiger partial charge in [-0.15, -0.1) is 0 Å². The van der Waals surface area contributed by atoms with Crippen molar-refractivity contribution < 1.29 is 19.1 Å². The first-order chi connectivity index (χ1) is 9.19. The molecule has 1 unspecified atom stereocenters. The van der Waals surface area contributed by atoms with E-state index in [9.17, 15) is 9.59 Å². The number of carbonyl (C=O) groups is 2. The number of para-hydroxylation sites is 1. The Labute approximate surface area is 112 Å². The van der Waals surface area contributed by atoms with Crippen LogP contribution in [-0.4, -0.2) is 37.6 Å². The Balaban J connectivity index is 2.64. The molecule has 1 aromatic rings. The highest BCUT2D eigenvalue weighted by atomic mass is 16.5. The van der Waals surface area contributed by atoms with Crippen LogP contribution in [-0.2, 0) is 19.1 Å².